The van der Waals surface area contributed by atoms with E-state index < -0.39 is 0 Å². The maximum Gasteiger partial charge on any atom is 0.136 e. The Balaban J connectivity index is 0.973. The highest BCUT2D eigenvalue weighted by Gasteiger charge is 2.22. The van der Waals surface area contributed by atoms with Crippen LogP contribution in [0.15, 0.2) is 235 Å². The summed E-state index contributed by atoms with van der Waals surface area (Å²) in [5, 5.41) is 9.69. The van der Waals surface area contributed by atoms with Gasteiger partial charge in [-0.2, -0.15) is 0 Å². The maximum atomic E-state index is 6.45. The summed E-state index contributed by atoms with van der Waals surface area (Å²) in [6.45, 7) is 0. The molecule has 0 fully saturated rings. The molecule has 0 bridgehead atoms. The third-order valence-electron chi connectivity index (χ3n) is 12.7. The summed E-state index contributed by atoms with van der Waals surface area (Å²) in [6.07, 6.45) is 6.50. The van der Waals surface area contributed by atoms with Gasteiger partial charge in [0, 0.05) is 33.4 Å². The number of benzene rings is 10. The first-order valence-electron chi connectivity index (χ1n) is 21.5. The first-order chi connectivity index (χ1) is 30.7. The minimum Gasteiger partial charge on any atom is -0.456 e. The lowest BCUT2D eigenvalue weighted by molar-refractivity contribution is 0.669. The SMILES string of the molecule is C1=CC(c2ccc3oc4cc5ccccc5cc4c3c2)=C(N(c2ccc(-c3ccc(-c4cccc5ccccc45)cc3)cc2)c2cccc(-c3ccc4ccccc4c3)c2)CC1. The zero-order chi connectivity index (χ0) is 41.0. The van der Waals surface area contributed by atoms with E-state index in [2.05, 4.69) is 229 Å². The summed E-state index contributed by atoms with van der Waals surface area (Å²) in [4.78, 5) is 2.49. The quantitative estimate of drug-likeness (QED) is 0.160. The molecule has 0 radical (unpaired) electrons. The molecule has 0 N–H and O–H groups in total. The van der Waals surface area contributed by atoms with Crippen molar-refractivity contribution in [2.24, 2.45) is 0 Å². The Morgan fingerprint density at radius 3 is 1.79 bits per heavy atom. The first-order valence-corrected chi connectivity index (χ1v) is 21.5. The third kappa shape index (κ3) is 6.36. The molecule has 0 saturated carbocycles. The molecule has 2 nitrogen and oxygen atoms in total. The van der Waals surface area contributed by atoms with E-state index in [0.717, 1.165) is 46.2 Å². The van der Waals surface area contributed by atoms with Gasteiger partial charge in [-0.3, -0.25) is 0 Å². The predicted octanol–water partition coefficient (Wildman–Crippen LogP) is 16.9. The summed E-state index contributed by atoms with van der Waals surface area (Å²) < 4.78 is 6.45. The molecule has 1 aliphatic rings. The second kappa shape index (κ2) is 15.0. The van der Waals surface area contributed by atoms with Crippen molar-refractivity contribution in [3.63, 3.8) is 0 Å². The monoisotopic (exact) mass is 791 g/mol. The zero-order valence-corrected chi connectivity index (χ0v) is 34.1. The number of furan rings is 1. The van der Waals surface area contributed by atoms with Crippen molar-refractivity contribution in [2.75, 3.05) is 4.90 Å². The molecule has 2 heteroatoms. The van der Waals surface area contributed by atoms with Crippen LogP contribution in [0.3, 0.4) is 0 Å². The largest absolute Gasteiger partial charge is 0.456 e. The van der Waals surface area contributed by atoms with E-state index in [1.807, 2.05) is 0 Å². The van der Waals surface area contributed by atoms with Gasteiger partial charge < -0.3 is 9.32 Å². The summed E-state index contributed by atoms with van der Waals surface area (Å²) in [5.41, 5.74) is 15.0. The second-order valence-electron chi connectivity index (χ2n) is 16.4. The first kappa shape index (κ1) is 36.0. The predicted molar refractivity (Wildman–Crippen MR) is 263 cm³/mol. The number of anilines is 2. The van der Waals surface area contributed by atoms with E-state index in [4.69, 9.17) is 4.42 Å². The molecule has 1 aliphatic carbocycles. The van der Waals surface area contributed by atoms with Gasteiger partial charge in [-0.15, -0.1) is 0 Å². The van der Waals surface area contributed by atoms with Gasteiger partial charge in [0.25, 0.3) is 0 Å². The normalized spacial score (nSPS) is 12.9. The standard InChI is InChI=1S/C60H41NO/c1-2-13-45-35-49(28-25-40(45)11-1)46-17-9-18-52(36-46)61(51-32-29-42(30-33-51)41-23-26-44(27-24-41)54-21-10-16-43-12-5-6-19-53(43)54)58-22-8-7-20-55(58)50-31-34-59-56(38-50)57-37-47-14-3-4-15-48(47)39-60(57)62-59/h1-7,9-21,23-39H,8,22H2. The average Bonchev–Trinajstić information content (AvgIpc) is 3.70. The van der Waals surface area contributed by atoms with Gasteiger partial charge >= 0.3 is 0 Å². The molecule has 1 heterocycles. The Morgan fingerprint density at radius 2 is 0.968 bits per heavy atom. The molecule has 10 aromatic carbocycles. The molecular weight excluding hydrogens is 751 g/mol. The van der Waals surface area contributed by atoms with Gasteiger partial charge in [0.15, 0.2) is 0 Å². The molecule has 0 unspecified atom stereocenters. The molecular formula is C60H41NO. The number of rotatable bonds is 7. The lowest BCUT2D eigenvalue weighted by atomic mass is 9.93. The van der Waals surface area contributed by atoms with Crippen molar-refractivity contribution < 1.29 is 4.42 Å². The van der Waals surface area contributed by atoms with Crippen LogP contribution in [0.1, 0.15) is 18.4 Å². The van der Waals surface area contributed by atoms with E-state index in [0.29, 0.717) is 0 Å². The van der Waals surface area contributed by atoms with Crippen LogP contribution in [0, 0.1) is 0 Å². The van der Waals surface area contributed by atoms with Crippen molar-refractivity contribution in [2.45, 2.75) is 12.8 Å². The number of hydrogen-bond acceptors (Lipinski definition) is 2. The van der Waals surface area contributed by atoms with Gasteiger partial charge in [-0.05, 0) is 139 Å². The van der Waals surface area contributed by atoms with Gasteiger partial charge in [0.05, 0.1) is 0 Å². The van der Waals surface area contributed by atoms with E-state index in [9.17, 15) is 0 Å². The number of fused-ring (bicyclic) bond motifs is 6. The molecule has 0 spiro atoms. The fraction of sp³-hybridized carbons (Fsp3) is 0.0333. The van der Waals surface area contributed by atoms with Gasteiger partial charge in [0.1, 0.15) is 11.2 Å². The fourth-order valence-electron chi connectivity index (χ4n) is 9.55. The molecule has 292 valence electrons. The van der Waals surface area contributed by atoms with E-state index in [1.54, 1.807) is 0 Å². The summed E-state index contributed by atoms with van der Waals surface area (Å²) in [6, 6.07) is 77.4. The summed E-state index contributed by atoms with van der Waals surface area (Å²) >= 11 is 0. The van der Waals surface area contributed by atoms with Crippen LogP contribution < -0.4 is 4.90 Å². The van der Waals surface area contributed by atoms with Crippen LogP contribution >= 0.6 is 0 Å². The molecule has 0 aliphatic heterocycles. The van der Waals surface area contributed by atoms with Crippen LogP contribution in [-0.4, -0.2) is 0 Å². The highest BCUT2D eigenvalue weighted by atomic mass is 16.3. The molecule has 11 aromatic rings. The summed E-state index contributed by atoms with van der Waals surface area (Å²) in [5.74, 6) is 0. The highest BCUT2D eigenvalue weighted by Crippen LogP contribution is 2.42. The van der Waals surface area contributed by atoms with Crippen molar-refractivity contribution in [3.8, 4) is 33.4 Å². The molecule has 0 saturated heterocycles. The lowest BCUT2D eigenvalue weighted by Gasteiger charge is -2.32. The molecule has 62 heavy (non-hydrogen) atoms. The molecule has 0 atom stereocenters. The summed E-state index contributed by atoms with van der Waals surface area (Å²) in [7, 11) is 0. The fourth-order valence-corrected chi connectivity index (χ4v) is 9.55. The van der Waals surface area contributed by atoms with Crippen LogP contribution in [0.5, 0.6) is 0 Å². The molecule has 1 aromatic heterocycles. The lowest BCUT2D eigenvalue weighted by Crippen LogP contribution is -2.19. The Bertz CT molecular complexity index is 3560. The van der Waals surface area contributed by atoms with Crippen LogP contribution in [-0.2, 0) is 0 Å². The zero-order valence-electron chi connectivity index (χ0n) is 34.1. The Labute approximate surface area is 360 Å². The van der Waals surface area contributed by atoms with Crippen molar-refractivity contribution in [1.82, 2.24) is 0 Å². The van der Waals surface area contributed by atoms with Crippen molar-refractivity contribution >= 4 is 71.2 Å². The highest BCUT2D eigenvalue weighted by molar-refractivity contribution is 6.11. The number of nitrogens with zero attached hydrogens (tertiary/aromatic N) is 1. The Morgan fingerprint density at radius 1 is 0.355 bits per heavy atom. The Hall–Kier alpha value is -7.94. The van der Waals surface area contributed by atoms with Gasteiger partial charge in [0.2, 0.25) is 0 Å². The van der Waals surface area contributed by atoms with E-state index >= 15 is 0 Å². The van der Waals surface area contributed by atoms with Crippen molar-refractivity contribution in [3.05, 3.63) is 236 Å². The van der Waals surface area contributed by atoms with E-state index in [-0.39, 0.29) is 0 Å². The van der Waals surface area contributed by atoms with Crippen LogP contribution in [0.25, 0.3) is 93.2 Å². The molecule has 12 rings (SSSR count). The van der Waals surface area contributed by atoms with Gasteiger partial charge in [-0.25, -0.2) is 0 Å². The maximum absolute atomic E-state index is 6.45. The number of allylic oxidation sites excluding steroid dienone is 4. The topological polar surface area (TPSA) is 16.4 Å². The average molecular weight is 792 g/mol. The van der Waals surface area contributed by atoms with E-state index in [1.165, 1.54) is 82.5 Å². The minimum atomic E-state index is 0.901. The Kier molecular flexibility index (Phi) is 8.67. The molecule has 0 amide bonds. The van der Waals surface area contributed by atoms with Crippen molar-refractivity contribution in [1.29, 1.82) is 0 Å². The minimum absolute atomic E-state index is 0.901. The third-order valence-corrected chi connectivity index (χ3v) is 12.7. The smallest absolute Gasteiger partial charge is 0.136 e. The number of hydrogen-bond donors (Lipinski definition) is 0. The second-order valence-corrected chi connectivity index (χ2v) is 16.4. The van der Waals surface area contributed by atoms with Crippen LogP contribution in [0.4, 0.5) is 11.4 Å². The van der Waals surface area contributed by atoms with Crippen LogP contribution in [0.2, 0.25) is 0 Å². The van der Waals surface area contributed by atoms with Gasteiger partial charge in [-0.1, -0.05) is 170 Å².